The van der Waals surface area contributed by atoms with Gasteiger partial charge in [0.2, 0.25) is 0 Å². The first-order valence-corrected chi connectivity index (χ1v) is 11.0. The monoisotopic (exact) mass is 431 g/mol. The van der Waals surface area contributed by atoms with Gasteiger partial charge in [0, 0.05) is 50.5 Å². The summed E-state index contributed by atoms with van der Waals surface area (Å²) in [5.41, 5.74) is 2.44. The number of benzene rings is 1. The second-order valence-corrected chi connectivity index (χ2v) is 8.56. The van der Waals surface area contributed by atoms with Gasteiger partial charge in [-0.1, -0.05) is 12.1 Å². The SMILES string of the molecule is CC1CN(C(C)CNC(=O)N(C)CCCc2cc(-c3cccc(F)c3)n[nH]2)CC(C)O1. The summed E-state index contributed by atoms with van der Waals surface area (Å²) in [7, 11) is 1.81. The molecule has 3 atom stereocenters. The number of morpholine rings is 1. The van der Waals surface area contributed by atoms with Gasteiger partial charge >= 0.3 is 6.03 Å². The van der Waals surface area contributed by atoms with Gasteiger partial charge in [-0.15, -0.1) is 0 Å². The van der Waals surface area contributed by atoms with Crippen LogP contribution < -0.4 is 5.32 Å². The van der Waals surface area contributed by atoms with E-state index in [1.165, 1.54) is 12.1 Å². The van der Waals surface area contributed by atoms with E-state index in [0.717, 1.165) is 42.9 Å². The molecule has 31 heavy (non-hydrogen) atoms. The highest BCUT2D eigenvalue weighted by atomic mass is 19.1. The highest BCUT2D eigenvalue weighted by Gasteiger charge is 2.26. The number of halogens is 1. The van der Waals surface area contributed by atoms with Gasteiger partial charge in [0.25, 0.3) is 0 Å². The van der Waals surface area contributed by atoms with E-state index in [0.29, 0.717) is 13.1 Å². The van der Waals surface area contributed by atoms with Crippen molar-refractivity contribution < 1.29 is 13.9 Å². The maximum atomic E-state index is 13.4. The van der Waals surface area contributed by atoms with E-state index in [-0.39, 0.29) is 30.1 Å². The van der Waals surface area contributed by atoms with Crippen LogP contribution in [0.3, 0.4) is 0 Å². The molecule has 170 valence electrons. The van der Waals surface area contributed by atoms with Gasteiger partial charge in [0.05, 0.1) is 17.9 Å². The van der Waals surface area contributed by atoms with Crippen LogP contribution in [-0.2, 0) is 11.2 Å². The Balaban J connectivity index is 1.38. The van der Waals surface area contributed by atoms with E-state index < -0.39 is 0 Å². The number of hydrogen-bond donors (Lipinski definition) is 2. The molecule has 1 fully saturated rings. The number of urea groups is 1. The zero-order chi connectivity index (χ0) is 22.4. The highest BCUT2D eigenvalue weighted by Crippen LogP contribution is 2.19. The molecule has 0 bridgehead atoms. The summed E-state index contributed by atoms with van der Waals surface area (Å²) in [4.78, 5) is 16.5. The largest absolute Gasteiger partial charge is 0.373 e. The Morgan fingerprint density at radius 2 is 2.10 bits per heavy atom. The fraction of sp³-hybridized carbons (Fsp3) is 0.565. The van der Waals surface area contributed by atoms with Crippen molar-refractivity contribution in [3.8, 4) is 11.3 Å². The fourth-order valence-electron chi connectivity index (χ4n) is 3.97. The molecule has 2 aromatic rings. The summed E-state index contributed by atoms with van der Waals surface area (Å²) in [5.74, 6) is -0.276. The minimum absolute atomic E-state index is 0.0636. The van der Waals surface area contributed by atoms with Crippen LogP contribution in [0.2, 0.25) is 0 Å². The molecule has 7 nitrogen and oxygen atoms in total. The molecule has 2 amide bonds. The number of amides is 2. The molecule has 2 N–H and O–H groups in total. The van der Waals surface area contributed by atoms with Crippen molar-refractivity contribution in [1.82, 2.24) is 25.3 Å². The molecule has 3 rings (SSSR count). The number of hydrogen-bond acceptors (Lipinski definition) is 4. The van der Waals surface area contributed by atoms with E-state index in [1.54, 1.807) is 11.0 Å². The molecule has 1 aliphatic heterocycles. The normalized spacial score (nSPS) is 20.4. The fourth-order valence-corrected chi connectivity index (χ4v) is 3.97. The van der Waals surface area contributed by atoms with Gasteiger partial charge in [0.1, 0.15) is 5.82 Å². The van der Waals surface area contributed by atoms with Crippen LogP contribution in [0.25, 0.3) is 11.3 Å². The van der Waals surface area contributed by atoms with Crippen molar-refractivity contribution in [2.24, 2.45) is 0 Å². The number of aromatic amines is 1. The Labute approximate surface area is 183 Å². The lowest BCUT2D eigenvalue weighted by Gasteiger charge is -2.39. The van der Waals surface area contributed by atoms with Gasteiger partial charge in [0.15, 0.2) is 0 Å². The van der Waals surface area contributed by atoms with Crippen molar-refractivity contribution in [3.63, 3.8) is 0 Å². The average Bonchev–Trinajstić information content (AvgIpc) is 3.20. The van der Waals surface area contributed by atoms with Crippen molar-refractivity contribution in [3.05, 3.63) is 41.8 Å². The smallest absolute Gasteiger partial charge is 0.317 e. The molecule has 1 aromatic heterocycles. The van der Waals surface area contributed by atoms with Crippen LogP contribution >= 0.6 is 0 Å². The number of H-pyrrole nitrogens is 1. The lowest BCUT2D eigenvalue weighted by Crippen LogP contribution is -2.53. The molecule has 0 saturated carbocycles. The van der Waals surface area contributed by atoms with Crippen molar-refractivity contribution >= 4 is 6.03 Å². The molecule has 1 aliphatic rings. The maximum Gasteiger partial charge on any atom is 0.317 e. The van der Waals surface area contributed by atoms with E-state index in [4.69, 9.17) is 4.74 Å². The molecular weight excluding hydrogens is 397 g/mol. The zero-order valence-electron chi connectivity index (χ0n) is 18.9. The molecule has 1 aromatic carbocycles. The second kappa shape index (κ2) is 10.7. The highest BCUT2D eigenvalue weighted by molar-refractivity contribution is 5.73. The van der Waals surface area contributed by atoms with Crippen LogP contribution in [0.4, 0.5) is 9.18 Å². The predicted octanol–water partition coefficient (Wildman–Crippen LogP) is 3.29. The van der Waals surface area contributed by atoms with Crippen LogP contribution in [0, 0.1) is 5.82 Å². The first kappa shape index (κ1) is 23.2. The molecule has 0 spiro atoms. The summed E-state index contributed by atoms with van der Waals surface area (Å²) in [6.07, 6.45) is 2.00. The summed E-state index contributed by atoms with van der Waals surface area (Å²) in [6, 6.07) is 8.52. The molecular formula is C23H34FN5O2. The minimum atomic E-state index is -0.276. The second-order valence-electron chi connectivity index (χ2n) is 8.56. The van der Waals surface area contributed by atoms with Crippen molar-refractivity contribution in [2.45, 2.75) is 51.9 Å². The predicted molar refractivity (Wildman–Crippen MR) is 119 cm³/mol. The van der Waals surface area contributed by atoms with Gasteiger partial charge in [-0.05, 0) is 51.8 Å². The Morgan fingerprint density at radius 1 is 1.35 bits per heavy atom. The first-order chi connectivity index (χ1) is 14.8. The van der Waals surface area contributed by atoms with Crippen LogP contribution in [0.1, 0.15) is 32.9 Å². The van der Waals surface area contributed by atoms with Crippen molar-refractivity contribution in [2.75, 3.05) is 33.2 Å². The molecule has 0 aliphatic carbocycles. The van der Waals surface area contributed by atoms with Crippen LogP contribution in [-0.4, -0.2) is 77.5 Å². The topological polar surface area (TPSA) is 73.5 Å². The van der Waals surface area contributed by atoms with Crippen molar-refractivity contribution in [1.29, 1.82) is 0 Å². The third kappa shape index (κ3) is 6.77. The minimum Gasteiger partial charge on any atom is -0.373 e. The van der Waals surface area contributed by atoms with E-state index in [9.17, 15) is 9.18 Å². The number of carbonyl (C=O) groups excluding carboxylic acids is 1. The lowest BCUT2D eigenvalue weighted by molar-refractivity contribution is -0.0778. The summed E-state index contributed by atoms with van der Waals surface area (Å²) in [5, 5.41) is 10.3. The molecule has 0 radical (unpaired) electrons. The number of carbonyl (C=O) groups is 1. The Bertz CT molecular complexity index is 848. The Morgan fingerprint density at radius 3 is 2.81 bits per heavy atom. The third-order valence-electron chi connectivity index (χ3n) is 5.66. The quantitative estimate of drug-likeness (QED) is 0.673. The summed E-state index contributed by atoms with van der Waals surface area (Å²) < 4.78 is 19.2. The number of nitrogens with zero attached hydrogens (tertiary/aromatic N) is 3. The number of aryl methyl sites for hydroxylation is 1. The molecule has 3 unspecified atom stereocenters. The zero-order valence-corrected chi connectivity index (χ0v) is 18.9. The van der Waals surface area contributed by atoms with E-state index in [2.05, 4.69) is 41.2 Å². The Hall–Kier alpha value is -2.45. The standard InChI is InChI=1S/C23H34FN5O2/c1-16(29-14-17(2)31-18(3)15-29)13-25-23(30)28(4)10-6-9-21-12-22(27-26-21)19-7-5-8-20(24)11-19/h5,7-8,11-12,16-18H,6,9-10,13-15H2,1-4H3,(H,25,30)(H,26,27). The summed E-state index contributed by atoms with van der Waals surface area (Å²) in [6.45, 7) is 9.34. The number of aromatic nitrogens is 2. The summed E-state index contributed by atoms with van der Waals surface area (Å²) >= 11 is 0. The Kier molecular flexibility index (Phi) is 8.03. The maximum absolute atomic E-state index is 13.4. The van der Waals surface area contributed by atoms with Crippen LogP contribution in [0.5, 0.6) is 0 Å². The average molecular weight is 432 g/mol. The number of rotatable bonds is 8. The lowest BCUT2D eigenvalue weighted by atomic mass is 10.1. The van der Waals surface area contributed by atoms with Gasteiger partial charge in [-0.2, -0.15) is 5.10 Å². The molecule has 8 heteroatoms. The molecule has 2 heterocycles. The van der Waals surface area contributed by atoms with Gasteiger partial charge < -0.3 is 15.0 Å². The molecule has 1 saturated heterocycles. The third-order valence-corrected chi connectivity index (χ3v) is 5.66. The first-order valence-electron chi connectivity index (χ1n) is 11.0. The van der Waals surface area contributed by atoms with Crippen LogP contribution in [0.15, 0.2) is 30.3 Å². The number of ether oxygens (including phenoxy) is 1. The van der Waals surface area contributed by atoms with Gasteiger partial charge in [-0.25, -0.2) is 9.18 Å². The van der Waals surface area contributed by atoms with E-state index in [1.807, 2.05) is 19.2 Å². The van der Waals surface area contributed by atoms with E-state index >= 15 is 0 Å². The van der Waals surface area contributed by atoms with Gasteiger partial charge in [-0.3, -0.25) is 10.00 Å². The number of nitrogens with one attached hydrogen (secondary N) is 2.